The van der Waals surface area contributed by atoms with Crippen LogP contribution in [-0.4, -0.2) is 61.3 Å². The van der Waals surface area contributed by atoms with Crippen LogP contribution in [0.4, 0.5) is 17.6 Å². The van der Waals surface area contributed by atoms with Crippen molar-refractivity contribution in [1.29, 1.82) is 0 Å². The van der Waals surface area contributed by atoms with E-state index in [2.05, 4.69) is 20.1 Å². The van der Waals surface area contributed by atoms with Crippen LogP contribution in [0.25, 0.3) is 28.3 Å². The molecule has 43 heavy (non-hydrogen) atoms. The van der Waals surface area contributed by atoms with E-state index in [4.69, 9.17) is 4.74 Å². The molecule has 6 rings (SSSR count). The number of nitrogens with zero attached hydrogens (tertiary/aromatic N) is 5. The van der Waals surface area contributed by atoms with Gasteiger partial charge in [-0.2, -0.15) is 13.2 Å². The van der Waals surface area contributed by atoms with Crippen LogP contribution in [0.2, 0.25) is 0 Å². The number of carbonyl (C=O) groups is 1. The molecular weight excluding hydrogens is 568 g/mol. The van der Waals surface area contributed by atoms with Crippen molar-refractivity contribution in [3.8, 4) is 28.4 Å². The van der Waals surface area contributed by atoms with Gasteiger partial charge in [-0.05, 0) is 31.2 Å². The molecule has 1 atom stereocenters. The zero-order chi connectivity index (χ0) is 30.3. The van der Waals surface area contributed by atoms with Gasteiger partial charge < -0.3 is 9.64 Å². The topological polar surface area (TPSA) is 105 Å². The number of benzene rings is 2. The van der Waals surface area contributed by atoms with Crippen LogP contribution in [0.1, 0.15) is 27.7 Å². The normalized spacial score (nSPS) is 14.5. The summed E-state index contributed by atoms with van der Waals surface area (Å²) < 4.78 is 60.9. The molecule has 0 radical (unpaired) electrons. The van der Waals surface area contributed by atoms with E-state index in [1.54, 1.807) is 13.0 Å². The predicted molar refractivity (Wildman–Crippen MR) is 148 cm³/mol. The number of nitrogens with one attached hydrogen (secondary N) is 1. The Bertz CT molecular complexity index is 1850. The number of carbonyl (C=O) groups excluding carboxylic acids is 1. The minimum Gasteiger partial charge on any atom is -0.476 e. The summed E-state index contributed by atoms with van der Waals surface area (Å²) in [4.78, 5) is 41.5. The highest BCUT2D eigenvalue weighted by molar-refractivity contribution is 6.06. The minimum atomic E-state index is -4.65. The van der Waals surface area contributed by atoms with E-state index in [9.17, 15) is 27.2 Å². The number of rotatable bonds is 7. The number of hydrogen-bond acceptors (Lipinski definition) is 6. The van der Waals surface area contributed by atoms with E-state index < -0.39 is 30.4 Å². The first-order valence-electron chi connectivity index (χ1n) is 13.3. The van der Waals surface area contributed by atoms with Gasteiger partial charge in [0, 0.05) is 48.6 Å². The van der Waals surface area contributed by atoms with Crippen molar-refractivity contribution < 1.29 is 27.1 Å². The van der Waals surface area contributed by atoms with Crippen molar-refractivity contribution in [2.45, 2.75) is 19.2 Å². The third-order valence-corrected chi connectivity index (χ3v) is 7.21. The second-order valence-corrected chi connectivity index (χ2v) is 10.2. The molecule has 1 N–H and O–H groups in total. The third kappa shape index (κ3) is 5.33. The Kier molecular flexibility index (Phi) is 7.16. The van der Waals surface area contributed by atoms with Gasteiger partial charge in [-0.3, -0.25) is 29.0 Å². The van der Waals surface area contributed by atoms with Gasteiger partial charge in [-0.15, -0.1) is 0 Å². The first-order chi connectivity index (χ1) is 20.6. The summed E-state index contributed by atoms with van der Waals surface area (Å²) in [6.45, 7) is 1.60. The summed E-state index contributed by atoms with van der Waals surface area (Å²) >= 11 is 0. The Morgan fingerprint density at radius 3 is 2.42 bits per heavy atom. The highest BCUT2D eigenvalue weighted by Gasteiger charge is 2.43. The Morgan fingerprint density at radius 2 is 1.77 bits per heavy atom. The molecule has 1 aliphatic heterocycles. The molecule has 220 valence electrons. The van der Waals surface area contributed by atoms with Gasteiger partial charge >= 0.3 is 6.18 Å². The maximum absolute atomic E-state index is 13.8. The smallest absolute Gasteiger partial charge is 0.429 e. The quantitative estimate of drug-likeness (QED) is 0.261. The van der Waals surface area contributed by atoms with Crippen molar-refractivity contribution in [3.63, 3.8) is 0 Å². The molecule has 2 aromatic carbocycles. The molecule has 0 unspecified atom stereocenters. The lowest BCUT2D eigenvalue weighted by atomic mass is 10.00. The van der Waals surface area contributed by atoms with E-state index in [1.165, 1.54) is 71.9 Å². The van der Waals surface area contributed by atoms with Crippen LogP contribution < -0.4 is 10.3 Å². The lowest BCUT2D eigenvalue weighted by Crippen LogP contribution is -2.50. The average molecular weight is 593 g/mol. The Balaban J connectivity index is 1.39. The maximum atomic E-state index is 13.8. The fourth-order valence-electron chi connectivity index (χ4n) is 5.00. The molecule has 1 aliphatic rings. The van der Waals surface area contributed by atoms with Gasteiger partial charge in [-0.25, -0.2) is 9.50 Å². The number of alkyl halides is 4. The SMILES string of the molecule is Cc1nccnc1-c1[nH]n2c(=O)cc(-c3ccc(O[C@@H](c4ccccc4)C(F)(F)F)cc3)nc2c1C(=O)N1CC(CF)C1. The monoisotopic (exact) mass is 592 g/mol. The molecule has 5 aromatic rings. The molecule has 0 spiro atoms. The Hall–Kier alpha value is -5.07. The van der Waals surface area contributed by atoms with Crippen LogP contribution in [0, 0.1) is 12.8 Å². The molecule has 1 fully saturated rings. The lowest BCUT2D eigenvalue weighted by molar-refractivity contribution is -0.198. The number of aryl methyl sites for hydroxylation is 1. The zero-order valence-corrected chi connectivity index (χ0v) is 22.7. The van der Waals surface area contributed by atoms with Gasteiger partial charge in [0.25, 0.3) is 11.5 Å². The van der Waals surface area contributed by atoms with Crippen molar-refractivity contribution >= 4 is 11.6 Å². The molecular formula is C30H24F4N6O3. The Labute approximate surface area is 241 Å². The number of H-pyrrole nitrogens is 1. The zero-order valence-electron chi connectivity index (χ0n) is 22.7. The lowest BCUT2D eigenvalue weighted by Gasteiger charge is -2.37. The standard InChI is InChI=1S/C30H24F4N6O3/c1-17-25(36-12-11-35-17)26-24(29(42)39-15-18(14-31)16-39)28-37-22(13-23(41)40(28)38-26)19-7-9-21(10-8-19)43-27(30(32,33)34)20-5-3-2-4-6-20/h2-13,18,27,38H,14-16H2,1H3/t27-/m0/s1. The number of ether oxygens (including phenoxy) is 1. The molecule has 3 aromatic heterocycles. The highest BCUT2D eigenvalue weighted by atomic mass is 19.4. The summed E-state index contributed by atoms with van der Waals surface area (Å²) in [7, 11) is 0. The van der Waals surface area contributed by atoms with E-state index in [-0.39, 0.29) is 52.9 Å². The average Bonchev–Trinajstić information content (AvgIpc) is 3.35. The maximum Gasteiger partial charge on any atom is 0.429 e. The first kappa shape index (κ1) is 28.1. The molecule has 1 saturated heterocycles. The summed E-state index contributed by atoms with van der Waals surface area (Å²) in [5, 5.41) is 2.93. The van der Waals surface area contributed by atoms with Crippen molar-refractivity contribution in [2.24, 2.45) is 5.92 Å². The van der Waals surface area contributed by atoms with E-state index in [0.717, 1.165) is 4.52 Å². The van der Waals surface area contributed by atoms with Crippen molar-refractivity contribution in [2.75, 3.05) is 19.8 Å². The number of aromatic nitrogens is 5. The van der Waals surface area contributed by atoms with Crippen molar-refractivity contribution in [1.82, 2.24) is 29.5 Å². The molecule has 0 aliphatic carbocycles. The van der Waals surface area contributed by atoms with E-state index in [0.29, 0.717) is 17.0 Å². The number of amides is 1. The number of fused-ring (bicyclic) bond motifs is 1. The molecule has 1 amide bonds. The number of aromatic amines is 1. The Morgan fingerprint density at radius 1 is 1.07 bits per heavy atom. The fourth-order valence-corrected chi connectivity index (χ4v) is 5.00. The predicted octanol–water partition coefficient (Wildman–Crippen LogP) is 5.18. The van der Waals surface area contributed by atoms with Crippen LogP contribution in [0.15, 0.2) is 77.9 Å². The van der Waals surface area contributed by atoms with E-state index >= 15 is 0 Å². The van der Waals surface area contributed by atoms with E-state index in [1.807, 2.05) is 0 Å². The number of hydrogen-bond donors (Lipinski definition) is 1. The van der Waals surface area contributed by atoms with Crippen LogP contribution in [0.3, 0.4) is 0 Å². The number of halogens is 4. The molecule has 0 bridgehead atoms. The summed E-state index contributed by atoms with van der Waals surface area (Å²) in [6.07, 6.45) is -3.87. The summed E-state index contributed by atoms with van der Waals surface area (Å²) in [6, 6.07) is 14.2. The fraction of sp³-hybridized carbons (Fsp3) is 0.233. The second kappa shape index (κ2) is 11.0. The van der Waals surface area contributed by atoms with Crippen LogP contribution in [0.5, 0.6) is 5.75 Å². The highest BCUT2D eigenvalue weighted by Crippen LogP contribution is 2.37. The number of likely N-dealkylation sites (tertiary alicyclic amines) is 1. The van der Waals surface area contributed by atoms with Crippen LogP contribution in [-0.2, 0) is 0 Å². The first-order valence-corrected chi connectivity index (χ1v) is 13.3. The van der Waals surface area contributed by atoms with Gasteiger partial charge in [0.05, 0.1) is 23.8 Å². The minimum absolute atomic E-state index is 0.0257. The second-order valence-electron chi connectivity index (χ2n) is 10.2. The van der Waals surface area contributed by atoms with Crippen molar-refractivity contribution in [3.05, 3.63) is 100 Å². The van der Waals surface area contributed by atoms with Crippen LogP contribution >= 0.6 is 0 Å². The summed E-state index contributed by atoms with van der Waals surface area (Å²) in [5.41, 5.74) is 1.22. The third-order valence-electron chi connectivity index (χ3n) is 7.21. The molecule has 13 heteroatoms. The van der Waals surface area contributed by atoms with Gasteiger partial charge in [0.2, 0.25) is 6.10 Å². The van der Waals surface area contributed by atoms with Gasteiger partial charge in [0.1, 0.15) is 17.0 Å². The largest absolute Gasteiger partial charge is 0.476 e. The summed E-state index contributed by atoms with van der Waals surface area (Å²) in [5.74, 6) is -0.747. The molecule has 4 heterocycles. The van der Waals surface area contributed by atoms with Gasteiger partial charge in [-0.1, -0.05) is 30.3 Å². The molecule has 0 saturated carbocycles. The van der Waals surface area contributed by atoms with Gasteiger partial charge in [0.15, 0.2) is 5.65 Å². The molecule has 9 nitrogen and oxygen atoms in total.